The number of anilines is 1. The lowest BCUT2D eigenvalue weighted by Gasteiger charge is -2.15. The zero-order chi connectivity index (χ0) is 12.8. The topological polar surface area (TPSA) is 53.3 Å². The van der Waals surface area contributed by atoms with E-state index in [1.807, 2.05) is 19.9 Å². The lowest BCUT2D eigenvalue weighted by atomic mass is 10.2. The predicted octanol–water partition coefficient (Wildman–Crippen LogP) is 2.33. The van der Waals surface area contributed by atoms with Gasteiger partial charge >= 0.3 is 0 Å². The number of hydrogen-bond donors (Lipinski definition) is 0. The number of hydrogen-bond acceptors (Lipinski definition) is 3. The summed E-state index contributed by atoms with van der Waals surface area (Å²) in [5.41, 5.74) is 1.26. The third-order valence-corrected chi connectivity index (χ3v) is 2.40. The van der Waals surface area contributed by atoms with Crippen LogP contribution in [-0.2, 0) is 4.79 Å². The molecule has 1 aliphatic rings. The van der Waals surface area contributed by atoms with Gasteiger partial charge < -0.3 is 9.64 Å². The number of carbonyl (C=O) groups is 1. The number of ether oxygens (including phenoxy) is 1. The van der Waals surface area contributed by atoms with Crippen molar-refractivity contribution in [1.82, 2.24) is 0 Å². The molecule has 0 aromatic heterocycles. The first-order chi connectivity index (χ1) is 8.22. The number of nitriles is 1. The van der Waals surface area contributed by atoms with Crippen LogP contribution in [0.2, 0.25) is 0 Å². The molecule has 90 valence electrons. The van der Waals surface area contributed by atoms with E-state index in [0.717, 1.165) is 5.69 Å². The van der Waals surface area contributed by atoms with E-state index in [1.54, 1.807) is 30.1 Å². The molecule has 0 saturated carbocycles. The van der Waals surface area contributed by atoms with Crippen LogP contribution in [0.4, 0.5) is 5.69 Å². The largest absolute Gasteiger partial charge is 0.491 e. The van der Waals surface area contributed by atoms with E-state index in [-0.39, 0.29) is 5.91 Å². The Morgan fingerprint density at radius 1 is 1.41 bits per heavy atom. The number of fused-ring (bicyclic) bond motifs is 1. The highest BCUT2D eigenvalue weighted by Gasteiger charge is 2.19. The van der Waals surface area contributed by atoms with Crippen molar-refractivity contribution in [3.63, 3.8) is 0 Å². The molecule has 4 heteroatoms. The first kappa shape index (κ1) is 13.0. The molecule has 0 atom stereocenters. The van der Waals surface area contributed by atoms with Crippen LogP contribution in [0, 0.1) is 11.3 Å². The second kappa shape index (κ2) is 5.90. The third kappa shape index (κ3) is 2.76. The minimum atomic E-state index is 0.0263. The third-order valence-electron chi connectivity index (χ3n) is 2.40. The molecule has 17 heavy (non-hydrogen) atoms. The normalized spacial score (nSPS) is 13.5. The summed E-state index contributed by atoms with van der Waals surface area (Å²) in [5, 5.41) is 8.74. The molecule has 1 aliphatic heterocycles. The van der Waals surface area contributed by atoms with Crippen LogP contribution in [0.5, 0.6) is 5.75 Å². The highest BCUT2D eigenvalue weighted by molar-refractivity contribution is 5.95. The molecule has 0 saturated heterocycles. The number of nitrogens with zero attached hydrogens (tertiary/aromatic N) is 2. The smallest absolute Gasteiger partial charge is 0.230 e. The fraction of sp³-hybridized carbons (Fsp3) is 0.385. The molecule has 0 aliphatic carbocycles. The lowest BCUT2D eigenvalue weighted by molar-refractivity contribution is -0.118. The minimum Gasteiger partial charge on any atom is -0.491 e. The molecular formula is C13H16N2O2. The maximum Gasteiger partial charge on any atom is 0.230 e. The van der Waals surface area contributed by atoms with Crippen LogP contribution in [0.25, 0.3) is 0 Å². The Bertz CT molecular complexity index is 449. The van der Waals surface area contributed by atoms with Crippen molar-refractivity contribution in [2.24, 2.45) is 0 Å². The average molecular weight is 232 g/mol. The summed E-state index contributed by atoms with van der Waals surface area (Å²) < 4.78 is 5.42. The van der Waals surface area contributed by atoms with E-state index in [9.17, 15) is 4.79 Å². The van der Waals surface area contributed by atoms with Gasteiger partial charge in [-0.1, -0.05) is 13.8 Å². The average Bonchev–Trinajstić information content (AvgIpc) is 2.52. The van der Waals surface area contributed by atoms with Gasteiger partial charge in [0.15, 0.2) is 0 Å². The second-order valence-electron chi connectivity index (χ2n) is 3.35. The highest BCUT2D eigenvalue weighted by atomic mass is 16.5. The molecule has 0 unspecified atom stereocenters. The lowest BCUT2D eigenvalue weighted by Crippen LogP contribution is -2.25. The van der Waals surface area contributed by atoms with Crippen LogP contribution in [-0.4, -0.2) is 19.6 Å². The van der Waals surface area contributed by atoms with E-state index in [4.69, 9.17) is 10.00 Å². The second-order valence-corrected chi connectivity index (χ2v) is 3.35. The van der Waals surface area contributed by atoms with Crippen molar-refractivity contribution in [3.8, 4) is 11.8 Å². The zero-order valence-electron chi connectivity index (χ0n) is 10.4. The van der Waals surface area contributed by atoms with Crippen LogP contribution in [0.15, 0.2) is 18.2 Å². The Labute approximate surface area is 101 Å². The van der Waals surface area contributed by atoms with Gasteiger partial charge in [-0.2, -0.15) is 5.26 Å². The fourth-order valence-electron chi connectivity index (χ4n) is 1.53. The SMILES string of the molecule is CC.CN1C(=O)CCOc2cc(C#N)ccc21. The van der Waals surface area contributed by atoms with Crippen molar-refractivity contribution in [2.45, 2.75) is 20.3 Å². The van der Waals surface area contributed by atoms with Crippen molar-refractivity contribution in [3.05, 3.63) is 23.8 Å². The van der Waals surface area contributed by atoms with E-state index in [0.29, 0.717) is 24.3 Å². The van der Waals surface area contributed by atoms with Gasteiger partial charge in [0.05, 0.1) is 30.3 Å². The van der Waals surface area contributed by atoms with E-state index in [2.05, 4.69) is 0 Å². The number of carbonyl (C=O) groups excluding carboxylic acids is 1. The molecule has 1 amide bonds. The van der Waals surface area contributed by atoms with Gasteiger partial charge in [-0.25, -0.2) is 0 Å². The Morgan fingerprint density at radius 3 is 2.76 bits per heavy atom. The van der Waals surface area contributed by atoms with Gasteiger partial charge in [-0.3, -0.25) is 4.79 Å². The van der Waals surface area contributed by atoms with E-state index >= 15 is 0 Å². The number of amides is 1. The minimum absolute atomic E-state index is 0.0263. The molecule has 2 rings (SSSR count). The summed E-state index contributed by atoms with van der Waals surface area (Å²) in [5.74, 6) is 0.626. The quantitative estimate of drug-likeness (QED) is 0.689. The summed E-state index contributed by atoms with van der Waals surface area (Å²) in [4.78, 5) is 13.1. The van der Waals surface area contributed by atoms with Gasteiger partial charge in [0.2, 0.25) is 5.91 Å². The van der Waals surface area contributed by atoms with Gasteiger partial charge in [0.1, 0.15) is 5.75 Å². The van der Waals surface area contributed by atoms with Gasteiger partial charge in [-0.05, 0) is 12.1 Å². The molecular weight excluding hydrogens is 216 g/mol. The maximum absolute atomic E-state index is 11.5. The van der Waals surface area contributed by atoms with Crippen LogP contribution >= 0.6 is 0 Å². The maximum atomic E-state index is 11.5. The molecule has 0 N–H and O–H groups in total. The van der Waals surface area contributed by atoms with E-state index in [1.165, 1.54) is 0 Å². The van der Waals surface area contributed by atoms with Gasteiger partial charge in [0.25, 0.3) is 0 Å². The van der Waals surface area contributed by atoms with Crippen LogP contribution < -0.4 is 9.64 Å². The molecule has 0 spiro atoms. The summed E-state index contributed by atoms with van der Waals surface area (Å²) in [6.45, 7) is 4.37. The Morgan fingerprint density at radius 2 is 2.12 bits per heavy atom. The van der Waals surface area contributed by atoms with Gasteiger partial charge in [-0.15, -0.1) is 0 Å². The van der Waals surface area contributed by atoms with Crippen molar-refractivity contribution >= 4 is 11.6 Å². The molecule has 0 radical (unpaired) electrons. The summed E-state index contributed by atoms with van der Waals surface area (Å²) in [6, 6.07) is 7.11. The monoisotopic (exact) mass is 232 g/mol. The Kier molecular flexibility index (Phi) is 4.53. The molecule has 0 bridgehead atoms. The molecule has 1 aromatic rings. The molecule has 1 heterocycles. The van der Waals surface area contributed by atoms with Crippen molar-refractivity contribution in [2.75, 3.05) is 18.6 Å². The standard InChI is InChI=1S/C11H10N2O2.C2H6/c1-13-9-3-2-8(7-12)6-10(9)15-5-4-11(13)14;1-2/h2-3,6H,4-5H2,1H3;1-2H3. The zero-order valence-corrected chi connectivity index (χ0v) is 10.4. The Hall–Kier alpha value is -2.02. The van der Waals surface area contributed by atoms with Crippen LogP contribution in [0.1, 0.15) is 25.8 Å². The molecule has 4 nitrogen and oxygen atoms in total. The fourth-order valence-corrected chi connectivity index (χ4v) is 1.53. The summed E-state index contributed by atoms with van der Waals surface area (Å²) >= 11 is 0. The predicted molar refractivity (Wildman–Crippen MR) is 66.0 cm³/mol. The molecule has 1 aromatic carbocycles. The summed E-state index contributed by atoms with van der Waals surface area (Å²) in [7, 11) is 1.71. The van der Waals surface area contributed by atoms with E-state index < -0.39 is 0 Å². The van der Waals surface area contributed by atoms with Crippen molar-refractivity contribution < 1.29 is 9.53 Å². The van der Waals surface area contributed by atoms with Gasteiger partial charge in [0, 0.05) is 13.1 Å². The first-order valence-electron chi connectivity index (χ1n) is 5.66. The number of rotatable bonds is 0. The highest BCUT2D eigenvalue weighted by Crippen LogP contribution is 2.31. The summed E-state index contributed by atoms with van der Waals surface area (Å²) in [6.07, 6.45) is 0.368. The molecule has 0 fully saturated rings. The first-order valence-corrected chi connectivity index (χ1v) is 5.66. The van der Waals surface area contributed by atoms with Crippen LogP contribution in [0.3, 0.4) is 0 Å². The Balaban J connectivity index is 0.000000686. The number of benzene rings is 1. The van der Waals surface area contributed by atoms with Crippen molar-refractivity contribution in [1.29, 1.82) is 5.26 Å².